The molecule has 0 heterocycles. The number of phenols is 1. The Bertz CT molecular complexity index is 753. The SMILES string of the molecule is CCOc1cc(C=NNC(=O)CSCc2ccccc2Cl)ccc1O. The van der Waals surface area contributed by atoms with Crippen LogP contribution in [0.1, 0.15) is 18.1 Å². The number of phenolic OH excluding ortho intramolecular Hbond substituents is 1. The largest absolute Gasteiger partial charge is 0.504 e. The van der Waals surface area contributed by atoms with Gasteiger partial charge in [0.05, 0.1) is 18.6 Å². The molecular formula is C18H19ClN2O3S. The lowest BCUT2D eigenvalue weighted by molar-refractivity contribution is -0.118. The fourth-order valence-corrected chi connectivity index (χ4v) is 3.07. The first-order valence-corrected chi connectivity index (χ1v) is 9.22. The molecule has 0 aliphatic rings. The number of nitrogens with zero attached hydrogens (tertiary/aromatic N) is 1. The van der Waals surface area contributed by atoms with Crippen LogP contribution in [0.25, 0.3) is 0 Å². The van der Waals surface area contributed by atoms with E-state index in [9.17, 15) is 9.90 Å². The molecule has 2 aromatic carbocycles. The summed E-state index contributed by atoms with van der Waals surface area (Å²) >= 11 is 7.53. The summed E-state index contributed by atoms with van der Waals surface area (Å²) in [6, 6.07) is 12.4. The van der Waals surface area contributed by atoms with E-state index in [2.05, 4.69) is 10.5 Å². The number of rotatable bonds is 8. The smallest absolute Gasteiger partial charge is 0.250 e. The lowest BCUT2D eigenvalue weighted by Crippen LogP contribution is -2.19. The minimum Gasteiger partial charge on any atom is -0.504 e. The van der Waals surface area contributed by atoms with E-state index in [-0.39, 0.29) is 17.4 Å². The summed E-state index contributed by atoms with van der Waals surface area (Å²) < 4.78 is 5.30. The topological polar surface area (TPSA) is 70.9 Å². The zero-order valence-electron chi connectivity index (χ0n) is 13.7. The van der Waals surface area contributed by atoms with Gasteiger partial charge in [-0.15, -0.1) is 11.8 Å². The molecule has 0 aliphatic heterocycles. The number of hydrogen-bond donors (Lipinski definition) is 2. The van der Waals surface area contributed by atoms with E-state index in [4.69, 9.17) is 16.3 Å². The van der Waals surface area contributed by atoms with Crippen molar-refractivity contribution in [1.29, 1.82) is 0 Å². The predicted molar refractivity (Wildman–Crippen MR) is 103 cm³/mol. The third-order valence-corrected chi connectivity index (χ3v) is 4.49. The van der Waals surface area contributed by atoms with Crippen LogP contribution >= 0.6 is 23.4 Å². The molecule has 0 saturated carbocycles. The highest BCUT2D eigenvalue weighted by Crippen LogP contribution is 2.26. The normalized spacial score (nSPS) is 10.8. The molecule has 2 N–H and O–H groups in total. The molecular weight excluding hydrogens is 360 g/mol. The Morgan fingerprint density at radius 2 is 2.16 bits per heavy atom. The fourth-order valence-electron chi connectivity index (χ4n) is 1.96. The molecule has 0 aromatic heterocycles. The maximum Gasteiger partial charge on any atom is 0.250 e. The average molecular weight is 379 g/mol. The van der Waals surface area contributed by atoms with Gasteiger partial charge in [-0.1, -0.05) is 29.8 Å². The van der Waals surface area contributed by atoms with Crippen molar-refractivity contribution in [3.8, 4) is 11.5 Å². The number of carbonyl (C=O) groups is 1. The second kappa shape index (κ2) is 9.96. The molecule has 2 aromatic rings. The number of amides is 1. The van der Waals surface area contributed by atoms with Crippen molar-refractivity contribution in [3.63, 3.8) is 0 Å². The van der Waals surface area contributed by atoms with Gasteiger partial charge in [-0.05, 0) is 42.3 Å². The first kappa shape index (κ1) is 19.1. The van der Waals surface area contributed by atoms with Crippen molar-refractivity contribution in [2.75, 3.05) is 12.4 Å². The van der Waals surface area contributed by atoms with Crippen LogP contribution in [0.2, 0.25) is 5.02 Å². The van der Waals surface area contributed by atoms with Crippen LogP contribution in [-0.2, 0) is 10.5 Å². The number of aromatic hydroxyl groups is 1. The lowest BCUT2D eigenvalue weighted by atomic mass is 10.2. The summed E-state index contributed by atoms with van der Waals surface area (Å²) in [4.78, 5) is 11.8. The van der Waals surface area contributed by atoms with E-state index in [1.54, 1.807) is 12.1 Å². The third-order valence-electron chi connectivity index (χ3n) is 3.14. The van der Waals surface area contributed by atoms with Crippen LogP contribution in [-0.4, -0.2) is 29.6 Å². The van der Waals surface area contributed by atoms with Gasteiger partial charge in [-0.3, -0.25) is 4.79 Å². The Labute approximate surface area is 156 Å². The Balaban J connectivity index is 1.78. The highest BCUT2D eigenvalue weighted by molar-refractivity contribution is 7.99. The summed E-state index contributed by atoms with van der Waals surface area (Å²) in [7, 11) is 0. The molecule has 25 heavy (non-hydrogen) atoms. The molecule has 132 valence electrons. The van der Waals surface area contributed by atoms with E-state index in [1.165, 1.54) is 24.0 Å². The molecule has 2 rings (SSSR count). The maximum atomic E-state index is 11.8. The van der Waals surface area contributed by atoms with Gasteiger partial charge in [-0.25, -0.2) is 5.43 Å². The molecule has 0 radical (unpaired) electrons. The number of halogens is 1. The monoisotopic (exact) mass is 378 g/mol. The number of benzene rings is 2. The van der Waals surface area contributed by atoms with Crippen LogP contribution < -0.4 is 10.2 Å². The Morgan fingerprint density at radius 1 is 1.36 bits per heavy atom. The van der Waals surface area contributed by atoms with Gasteiger partial charge in [0.1, 0.15) is 0 Å². The zero-order valence-corrected chi connectivity index (χ0v) is 15.3. The Morgan fingerprint density at radius 3 is 2.92 bits per heavy atom. The molecule has 0 saturated heterocycles. The van der Waals surface area contributed by atoms with Crippen molar-refractivity contribution in [1.82, 2.24) is 5.43 Å². The summed E-state index contributed by atoms with van der Waals surface area (Å²) in [6.45, 7) is 2.29. The number of thioether (sulfide) groups is 1. The second-order valence-corrected chi connectivity index (χ2v) is 6.43. The van der Waals surface area contributed by atoms with Crippen LogP contribution in [0.4, 0.5) is 0 Å². The number of ether oxygens (including phenoxy) is 1. The lowest BCUT2D eigenvalue weighted by Gasteiger charge is -2.06. The zero-order chi connectivity index (χ0) is 18.1. The van der Waals surface area contributed by atoms with Crippen LogP contribution in [0.5, 0.6) is 11.5 Å². The molecule has 0 aliphatic carbocycles. The maximum absolute atomic E-state index is 11.8. The van der Waals surface area contributed by atoms with E-state index in [0.29, 0.717) is 28.7 Å². The molecule has 0 unspecified atom stereocenters. The Hall–Kier alpha value is -2.18. The van der Waals surface area contributed by atoms with Gasteiger partial charge in [0.2, 0.25) is 5.91 Å². The van der Waals surface area contributed by atoms with Crippen molar-refractivity contribution < 1.29 is 14.6 Å². The standard InChI is InChI=1S/C18H19ClN2O3S/c1-2-24-17-9-13(7-8-16(17)22)10-20-21-18(23)12-25-11-14-5-3-4-6-15(14)19/h3-10,22H,2,11-12H2,1H3,(H,21,23). The highest BCUT2D eigenvalue weighted by atomic mass is 35.5. The average Bonchev–Trinajstić information content (AvgIpc) is 2.60. The van der Waals surface area contributed by atoms with Crippen molar-refractivity contribution in [2.24, 2.45) is 5.10 Å². The molecule has 1 amide bonds. The minimum atomic E-state index is -0.197. The molecule has 5 nitrogen and oxygen atoms in total. The van der Waals surface area contributed by atoms with Gasteiger partial charge >= 0.3 is 0 Å². The first-order valence-electron chi connectivity index (χ1n) is 7.69. The second-order valence-electron chi connectivity index (χ2n) is 5.04. The number of nitrogens with one attached hydrogen (secondary N) is 1. The number of hydrazone groups is 1. The van der Waals surface area contributed by atoms with Gasteiger partial charge in [0.25, 0.3) is 0 Å². The van der Waals surface area contributed by atoms with Crippen LogP contribution in [0.15, 0.2) is 47.6 Å². The number of carbonyl (C=O) groups excluding carboxylic acids is 1. The first-order chi connectivity index (χ1) is 12.1. The summed E-state index contributed by atoms with van der Waals surface area (Å²) in [6.07, 6.45) is 1.50. The van der Waals surface area contributed by atoms with E-state index in [0.717, 1.165) is 5.56 Å². The van der Waals surface area contributed by atoms with Gasteiger partial charge < -0.3 is 9.84 Å². The molecule has 7 heteroatoms. The van der Waals surface area contributed by atoms with E-state index in [1.807, 2.05) is 31.2 Å². The van der Waals surface area contributed by atoms with Gasteiger partial charge in [-0.2, -0.15) is 5.10 Å². The summed E-state index contributed by atoms with van der Waals surface area (Å²) in [5, 5.41) is 14.3. The molecule has 0 atom stereocenters. The quantitative estimate of drug-likeness (QED) is 0.541. The predicted octanol–water partition coefficient (Wildman–Crippen LogP) is 3.83. The van der Waals surface area contributed by atoms with Gasteiger partial charge in [0.15, 0.2) is 11.5 Å². The minimum absolute atomic E-state index is 0.0685. The van der Waals surface area contributed by atoms with Crippen molar-refractivity contribution in [3.05, 3.63) is 58.6 Å². The van der Waals surface area contributed by atoms with Crippen LogP contribution in [0, 0.1) is 0 Å². The van der Waals surface area contributed by atoms with Crippen molar-refractivity contribution >= 4 is 35.5 Å². The van der Waals surface area contributed by atoms with Crippen LogP contribution in [0.3, 0.4) is 0 Å². The summed E-state index contributed by atoms with van der Waals surface area (Å²) in [5.41, 5.74) is 4.18. The Kier molecular flexibility index (Phi) is 7.63. The van der Waals surface area contributed by atoms with E-state index < -0.39 is 0 Å². The van der Waals surface area contributed by atoms with Crippen molar-refractivity contribution in [2.45, 2.75) is 12.7 Å². The highest BCUT2D eigenvalue weighted by Gasteiger charge is 2.04. The fraction of sp³-hybridized carbons (Fsp3) is 0.222. The molecule has 0 fully saturated rings. The molecule has 0 spiro atoms. The van der Waals surface area contributed by atoms with Gasteiger partial charge in [0, 0.05) is 10.8 Å². The summed E-state index contributed by atoms with van der Waals surface area (Å²) in [5.74, 6) is 1.19. The third kappa shape index (κ3) is 6.32. The van der Waals surface area contributed by atoms with E-state index >= 15 is 0 Å². The number of hydrogen-bond acceptors (Lipinski definition) is 5. The molecule has 0 bridgehead atoms.